The fraction of sp³-hybridized carbons (Fsp3) is 0.385. The van der Waals surface area contributed by atoms with Crippen molar-refractivity contribution in [3.05, 3.63) is 143 Å². The molecule has 0 nitrogen and oxygen atoms in total. The van der Waals surface area contributed by atoms with Gasteiger partial charge in [-0.3, -0.25) is 0 Å². The molecule has 0 heteroatoms. The van der Waals surface area contributed by atoms with Crippen LogP contribution in [0.5, 0.6) is 0 Å². The van der Waals surface area contributed by atoms with Crippen LogP contribution in [0, 0.1) is 28.1 Å². The third kappa shape index (κ3) is 3.43. The zero-order chi connectivity index (χ0) is 27.4. The zero-order valence-electron chi connectivity index (χ0n) is 24.6. The summed E-state index contributed by atoms with van der Waals surface area (Å²) in [6, 6.07) is 23.0. The number of hydrogen-bond acceptors (Lipinski definition) is 0. The highest BCUT2D eigenvalue weighted by molar-refractivity contribution is 5.64. The monoisotopic (exact) mass is 512 g/mol. The molecule has 2 aromatic rings. The molecule has 2 aromatic carbocycles. The molecular weight excluding hydrogens is 468 g/mol. The third-order valence-electron chi connectivity index (χ3n) is 11.1. The summed E-state index contributed by atoms with van der Waals surface area (Å²) in [5, 5.41) is 0. The Morgan fingerprint density at radius 1 is 0.538 bits per heavy atom. The van der Waals surface area contributed by atoms with Crippen molar-refractivity contribution in [3.63, 3.8) is 0 Å². The lowest BCUT2D eigenvalue weighted by Gasteiger charge is -2.58. The van der Waals surface area contributed by atoms with Crippen LogP contribution in [0.15, 0.2) is 132 Å². The molecule has 0 heterocycles. The molecular formula is C39H44. The van der Waals surface area contributed by atoms with Gasteiger partial charge in [0.15, 0.2) is 0 Å². The van der Waals surface area contributed by atoms with E-state index in [-0.39, 0.29) is 16.2 Å². The van der Waals surface area contributed by atoms with Gasteiger partial charge in [0.25, 0.3) is 0 Å². The van der Waals surface area contributed by atoms with Crippen LogP contribution in [0.3, 0.4) is 0 Å². The Bertz CT molecular complexity index is 1270. The zero-order valence-corrected chi connectivity index (χ0v) is 24.6. The Hall–Kier alpha value is -3.12. The van der Waals surface area contributed by atoms with Crippen molar-refractivity contribution in [2.24, 2.45) is 28.1 Å². The van der Waals surface area contributed by atoms with Crippen LogP contribution < -0.4 is 0 Å². The quantitative estimate of drug-likeness (QED) is 0.297. The molecule has 0 saturated carbocycles. The van der Waals surface area contributed by atoms with Crippen molar-refractivity contribution in [1.82, 2.24) is 0 Å². The van der Waals surface area contributed by atoms with Crippen molar-refractivity contribution in [3.8, 4) is 0 Å². The van der Waals surface area contributed by atoms with Crippen LogP contribution in [0.1, 0.15) is 77.3 Å². The highest BCUT2D eigenvalue weighted by Gasteiger charge is 2.63. The van der Waals surface area contributed by atoms with Gasteiger partial charge in [-0.1, -0.05) is 164 Å². The topological polar surface area (TPSA) is 0 Å². The van der Waals surface area contributed by atoms with E-state index in [1.54, 1.807) is 0 Å². The average Bonchev–Trinajstić information content (AvgIpc) is 3.72. The number of fused-ring (bicyclic) bond motifs is 4. The molecule has 4 aliphatic carbocycles. The maximum Gasteiger partial charge on any atom is 0.0302 e. The molecule has 0 aliphatic heterocycles. The van der Waals surface area contributed by atoms with Gasteiger partial charge >= 0.3 is 0 Å². The Balaban J connectivity index is 1.66. The predicted molar refractivity (Wildman–Crippen MR) is 167 cm³/mol. The van der Waals surface area contributed by atoms with E-state index in [0.717, 1.165) is 12.8 Å². The molecule has 4 atom stereocenters. The summed E-state index contributed by atoms with van der Waals surface area (Å²) in [5.41, 5.74) is 8.80. The number of benzene rings is 2. The minimum atomic E-state index is -0.0847. The predicted octanol–water partition coefficient (Wildman–Crippen LogP) is 10.5. The van der Waals surface area contributed by atoms with E-state index in [1.807, 2.05) is 0 Å². The molecule has 0 N–H and O–H groups in total. The maximum absolute atomic E-state index is 2.61. The third-order valence-corrected chi connectivity index (χ3v) is 11.1. The second kappa shape index (κ2) is 9.51. The van der Waals surface area contributed by atoms with Gasteiger partial charge in [0, 0.05) is 22.7 Å². The first-order valence-electron chi connectivity index (χ1n) is 15.2. The lowest BCUT2D eigenvalue weighted by Crippen LogP contribution is -2.50. The van der Waals surface area contributed by atoms with Gasteiger partial charge in [0.2, 0.25) is 0 Å². The summed E-state index contributed by atoms with van der Waals surface area (Å²) in [7, 11) is 0. The first kappa shape index (κ1) is 26.1. The smallest absolute Gasteiger partial charge is 0.0302 e. The lowest BCUT2D eigenvalue weighted by atomic mass is 9.44. The second-order valence-corrected chi connectivity index (χ2v) is 13.0. The van der Waals surface area contributed by atoms with E-state index in [9.17, 15) is 0 Å². The average molecular weight is 513 g/mol. The fourth-order valence-electron chi connectivity index (χ4n) is 9.41. The van der Waals surface area contributed by atoms with Gasteiger partial charge in [-0.15, -0.1) is 0 Å². The SMILES string of the molecule is CCC(C)C1(C(c2ccccc2)C(C)(C)C(c2ccccc2)C2(C(C)CC)C3=CC=C2C=C3)C2=CC=C1C=C2. The number of hydrogen-bond donors (Lipinski definition) is 0. The van der Waals surface area contributed by atoms with Crippen LogP contribution in [0.4, 0.5) is 0 Å². The van der Waals surface area contributed by atoms with E-state index < -0.39 is 0 Å². The van der Waals surface area contributed by atoms with E-state index in [2.05, 4.69) is 151 Å². The maximum atomic E-state index is 2.61. The molecule has 0 saturated heterocycles. The van der Waals surface area contributed by atoms with Crippen molar-refractivity contribution in [2.75, 3.05) is 0 Å². The molecule has 6 rings (SSSR count). The van der Waals surface area contributed by atoms with Crippen LogP contribution in [-0.2, 0) is 0 Å². The van der Waals surface area contributed by atoms with E-state index in [4.69, 9.17) is 0 Å². The Morgan fingerprint density at radius 2 is 0.846 bits per heavy atom. The van der Waals surface area contributed by atoms with Crippen LogP contribution in [-0.4, -0.2) is 0 Å². The number of rotatable bonds is 10. The Labute approximate surface area is 236 Å². The van der Waals surface area contributed by atoms with E-state index in [0.29, 0.717) is 23.7 Å². The molecule has 0 amide bonds. The van der Waals surface area contributed by atoms with Crippen molar-refractivity contribution in [2.45, 2.75) is 66.2 Å². The fourth-order valence-corrected chi connectivity index (χ4v) is 9.41. The highest BCUT2D eigenvalue weighted by Crippen LogP contribution is 2.72. The molecule has 0 fully saturated rings. The lowest BCUT2D eigenvalue weighted by molar-refractivity contribution is 0.0487. The minimum absolute atomic E-state index is 0.0306. The summed E-state index contributed by atoms with van der Waals surface area (Å²) in [6.45, 7) is 15.0. The molecule has 0 aromatic heterocycles. The van der Waals surface area contributed by atoms with Gasteiger partial charge in [-0.25, -0.2) is 0 Å². The highest BCUT2D eigenvalue weighted by atomic mass is 14.7. The molecule has 4 aliphatic rings. The normalized spacial score (nSPS) is 22.7. The molecule has 39 heavy (non-hydrogen) atoms. The first-order valence-corrected chi connectivity index (χ1v) is 15.2. The molecule has 200 valence electrons. The Morgan fingerprint density at radius 3 is 1.10 bits per heavy atom. The van der Waals surface area contributed by atoms with Gasteiger partial charge in [0.1, 0.15) is 0 Å². The number of allylic oxidation sites excluding steroid dienone is 12. The first-order chi connectivity index (χ1) is 18.8. The summed E-state index contributed by atoms with van der Waals surface area (Å²) in [6.07, 6.45) is 21.6. The standard InChI is InChI=1S/C39H44/c1-7-27(3)38(31-19-20-32(38)22-21-31)35(29-15-11-9-12-16-29)37(5,6)36(30-17-13-10-14-18-30)39(28(4)8-2)33-23-24-34(39)26-25-33/h9-28,35-36H,7-8H2,1-6H3. The second-order valence-electron chi connectivity index (χ2n) is 13.0. The van der Waals surface area contributed by atoms with Crippen molar-refractivity contribution in [1.29, 1.82) is 0 Å². The summed E-state index contributed by atoms with van der Waals surface area (Å²) in [4.78, 5) is 0. The van der Waals surface area contributed by atoms with Gasteiger partial charge < -0.3 is 0 Å². The van der Waals surface area contributed by atoms with Gasteiger partial charge in [0.05, 0.1) is 0 Å². The molecule has 0 spiro atoms. The molecule has 0 radical (unpaired) electrons. The van der Waals surface area contributed by atoms with E-state index >= 15 is 0 Å². The van der Waals surface area contributed by atoms with Crippen molar-refractivity contribution < 1.29 is 0 Å². The minimum Gasteiger partial charge on any atom is -0.0651 e. The van der Waals surface area contributed by atoms with Gasteiger partial charge in [-0.05, 0) is 50.7 Å². The summed E-state index contributed by atoms with van der Waals surface area (Å²) >= 11 is 0. The largest absolute Gasteiger partial charge is 0.0651 e. The summed E-state index contributed by atoms with van der Waals surface area (Å²) in [5.74, 6) is 1.65. The van der Waals surface area contributed by atoms with Crippen LogP contribution >= 0.6 is 0 Å². The summed E-state index contributed by atoms with van der Waals surface area (Å²) < 4.78 is 0. The van der Waals surface area contributed by atoms with E-state index in [1.165, 1.54) is 33.4 Å². The van der Waals surface area contributed by atoms with Gasteiger partial charge in [-0.2, -0.15) is 0 Å². The van der Waals surface area contributed by atoms with Crippen LogP contribution in [0.25, 0.3) is 0 Å². The molecule has 4 unspecified atom stereocenters. The molecule has 4 bridgehead atoms. The van der Waals surface area contributed by atoms with Crippen molar-refractivity contribution >= 4 is 0 Å². The van der Waals surface area contributed by atoms with Crippen LogP contribution in [0.2, 0.25) is 0 Å². The Kier molecular flexibility index (Phi) is 6.37.